The van der Waals surface area contributed by atoms with Crippen molar-refractivity contribution in [3.05, 3.63) is 17.8 Å². The summed E-state index contributed by atoms with van der Waals surface area (Å²) in [5.41, 5.74) is 1.15. The summed E-state index contributed by atoms with van der Waals surface area (Å²) in [6, 6.07) is 0. The second kappa shape index (κ2) is 6.29. The maximum atomic E-state index is 9.10. The van der Waals surface area contributed by atoms with Gasteiger partial charge < -0.3 is 20.1 Å². The third kappa shape index (κ3) is 3.89. The van der Waals surface area contributed by atoms with E-state index in [1.165, 1.54) is 12.8 Å². The van der Waals surface area contributed by atoms with Gasteiger partial charge in [0.05, 0.1) is 0 Å². The fraction of sp³-hybridized carbons (Fsp3) is 0.500. The molecule has 0 saturated heterocycles. The molecule has 3 rings (SSSR count). The molecule has 1 fully saturated rings. The summed E-state index contributed by atoms with van der Waals surface area (Å²) in [5, 5.41) is 22.1. The fourth-order valence-electron chi connectivity index (χ4n) is 1.68. The minimum atomic E-state index is -1.82. The van der Waals surface area contributed by atoms with Crippen LogP contribution in [0.3, 0.4) is 0 Å². The lowest BCUT2D eigenvalue weighted by Gasteiger charge is -2.09. The van der Waals surface area contributed by atoms with E-state index in [1.54, 1.807) is 0 Å². The Hall–Kier alpha value is -2.22. The van der Waals surface area contributed by atoms with E-state index < -0.39 is 11.9 Å². The zero-order chi connectivity index (χ0) is 14.5. The van der Waals surface area contributed by atoms with Gasteiger partial charge in [0.1, 0.15) is 0 Å². The Morgan fingerprint density at radius 1 is 1.30 bits per heavy atom. The summed E-state index contributed by atoms with van der Waals surface area (Å²) in [6.45, 7) is 1.90. The van der Waals surface area contributed by atoms with E-state index in [1.807, 2.05) is 0 Å². The van der Waals surface area contributed by atoms with Gasteiger partial charge in [0.25, 0.3) is 5.89 Å². The number of hydrogen-bond donors (Lipinski definition) is 3. The Bertz CT molecular complexity index is 521. The molecule has 3 N–H and O–H groups in total. The molecule has 0 radical (unpaired) electrons. The Kier molecular flexibility index (Phi) is 4.46. The zero-order valence-corrected chi connectivity index (χ0v) is 10.7. The average Bonchev–Trinajstić information content (AvgIpc) is 3.18. The number of hydrogen-bond acceptors (Lipinski definition) is 6. The SMILES string of the molecule is C1=C(c2nc(C3CC3)no2)CNCC1.O=C(O)C(=O)O. The second-order valence-corrected chi connectivity index (χ2v) is 4.54. The first-order valence-electron chi connectivity index (χ1n) is 6.28. The highest BCUT2D eigenvalue weighted by atomic mass is 16.5. The molecular formula is C12H15N3O5. The van der Waals surface area contributed by atoms with E-state index in [4.69, 9.17) is 24.3 Å². The quantitative estimate of drug-likeness (QED) is 0.668. The molecular weight excluding hydrogens is 266 g/mol. The normalized spacial score (nSPS) is 17.7. The van der Waals surface area contributed by atoms with Crippen molar-refractivity contribution in [2.75, 3.05) is 13.1 Å². The first kappa shape index (κ1) is 14.2. The molecule has 1 aromatic rings. The van der Waals surface area contributed by atoms with Gasteiger partial charge in [-0.3, -0.25) is 0 Å². The molecule has 0 unspecified atom stereocenters. The minimum Gasteiger partial charge on any atom is -0.473 e. The molecule has 8 nitrogen and oxygen atoms in total. The van der Waals surface area contributed by atoms with Gasteiger partial charge in [-0.1, -0.05) is 11.2 Å². The standard InChI is InChI=1S/C10H13N3O.C2H2O4/c1-2-8(6-11-5-1)10-12-9(13-14-10)7-3-4-7;3-1(4)2(5)6/h2,7,11H,1,3-6H2;(H,3,4)(H,5,6). The van der Waals surface area contributed by atoms with E-state index in [2.05, 4.69) is 21.5 Å². The molecule has 0 bridgehead atoms. The summed E-state index contributed by atoms with van der Waals surface area (Å²) in [6.07, 6.45) is 5.67. The number of carboxylic acids is 2. The highest BCUT2D eigenvalue weighted by Crippen LogP contribution is 2.38. The van der Waals surface area contributed by atoms with E-state index in [9.17, 15) is 0 Å². The van der Waals surface area contributed by atoms with Gasteiger partial charge in [-0.05, 0) is 25.8 Å². The molecule has 1 aliphatic carbocycles. The number of aliphatic carboxylic acids is 2. The van der Waals surface area contributed by atoms with Crippen LogP contribution in [0.15, 0.2) is 10.6 Å². The Balaban J connectivity index is 0.000000212. The van der Waals surface area contributed by atoms with Crippen LogP contribution >= 0.6 is 0 Å². The van der Waals surface area contributed by atoms with Gasteiger partial charge in [0.15, 0.2) is 5.82 Å². The molecule has 1 aromatic heterocycles. The first-order chi connectivity index (χ1) is 9.58. The molecule has 8 heteroatoms. The largest absolute Gasteiger partial charge is 0.473 e. The van der Waals surface area contributed by atoms with Crippen LogP contribution in [0.2, 0.25) is 0 Å². The van der Waals surface area contributed by atoms with Crippen LogP contribution in [0, 0.1) is 0 Å². The lowest BCUT2D eigenvalue weighted by Crippen LogP contribution is -2.21. The van der Waals surface area contributed by atoms with Gasteiger partial charge in [-0.15, -0.1) is 0 Å². The van der Waals surface area contributed by atoms with Crippen LogP contribution in [0.5, 0.6) is 0 Å². The molecule has 2 aliphatic rings. The fourth-order valence-corrected chi connectivity index (χ4v) is 1.68. The summed E-state index contributed by atoms with van der Waals surface area (Å²) in [7, 11) is 0. The molecule has 0 amide bonds. The number of aromatic nitrogens is 2. The lowest BCUT2D eigenvalue weighted by atomic mass is 10.1. The molecule has 108 valence electrons. The summed E-state index contributed by atoms with van der Waals surface area (Å²) >= 11 is 0. The van der Waals surface area contributed by atoms with Crippen LogP contribution in [-0.2, 0) is 9.59 Å². The van der Waals surface area contributed by atoms with Crippen molar-refractivity contribution in [2.24, 2.45) is 0 Å². The van der Waals surface area contributed by atoms with Gasteiger partial charge >= 0.3 is 11.9 Å². The van der Waals surface area contributed by atoms with Gasteiger partial charge in [0, 0.05) is 18.0 Å². The van der Waals surface area contributed by atoms with Crippen LogP contribution < -0.4 is 5.32 Å². The molecule has 0 atom stereocenters. The van der Waals surface area contributed by atoms with Crippen molar-refractivity contribution in [1.29, 1.82) is 0 Å². The molecule has 1 aliphatic heterocycles. The maximum absolute atomic E-state index is 9.10. The zero-order valence-electron chi connectivity index (χ0n) is 10.7. The highest BCUT2D eigenvalue weighted by molar-refractivity contribution is 6.27. The Morgan fingerprint density at radius 2 is 2.00 bits per heavy atom. The van der Waals surface area contributed by atoms with Gasteiger partial charge in [-0.25, -0.2) is 9.59 Å². The van der Waals surface area contributed by atoms with Crippen molar-refractivity contribution in [2.45, 2.75) is 25.2 Å². The van der Waals surface area contributed by atoms with Crippen LogP contribution in [0.1, 0.15) is 36.9 Å². The minimum absolute atomic E-state index is 0.574. The van der Waals surface area contributed by atoms with E-state index in [-0.39, 0.29) is 0 Å². The average molecular weight is 281 g/mol. The summed E-state index contributed by atoms with van der Waals surface area (Å²) in [4.78, 5) is 22.6. The third-order valence-electron chi connectivity index (χ3n) is 2.87. The van der Waals surface area contributed by atoms with Gasteiger partial charge in [0.2, 0.25) is 0 Å². The summed E-state index contributed by atoms with van der Waals surface area (Å²) in [5.74, 6) is -1.47. The Labute approximate surface area is 114 Å². The number of nitrogens with one attached hydrogen (secondary N) is 1. The molecule has 1 saturated carbocycles. The van der Waals surface area contributed by atoms with Crippen LogP contribution in [-0.4, -0.2) is 45.4 Å². The van der Waals surface area contributed by atoms with Crippen LogP contribution in [0.25, 0.3) is 5.57 Å². The first-order valence-corrected chi connectivity index (χ1v) is 6.28. The van der Waals surface area contributed by atoms with Crippen molar-refractivity contribution < 1.29 is 24.3 Å². The number of rotatable bonds is 2. The topological polar surface area (TPSA) is 126 Å². The smallest absolute Gasteiger partial charge is 0.414 e. The summed E-state index contributed by atoms with van der Waals surface area (Å²) < 4.78 is 5.24. The predicted octanol–water partition coefficient (Wildman–Crippen LogP) is 0.479. The highest BCUT2D eigenvalue weighted by Gasteiger charge is 2.29. The van der Waals surface area contributed by atoms with E-state index in [0.29, 0.717) is 11.8 Å². The number of carboxylic acid groups (broad SMARTS) is 2. The second-order valence-electron chi connectivity index (χ2n) is 4.54. The van der Waals surface area contributed by atoms with Crippen molar-refractivity contribution in [1.82, 2.24) is 15.5 Å². The lowest BCUT2D eigenvalue weighted by molar-refractivity contribution is -0.159. The van der Waals surface area contributed by atoms with Crippen molar-refractivity contribution in [3.8, 4) is 0 Å². The van der Waals surface area contributed by atoms with E-state index in [0.717, 1.165) is 30.9 Å². The monoisotopic (exact) mass is 281 g/mol. The number of carbonyl (C=O) groups is 2. The van der Waals surface area contributed by atoms with Crippen molar-refractivity contribution in [3.63, 3.8) is 0 Å². The van der Waals surface area contributed by atoms with Gasteiger partial charge in [-0.2, -0.15) is 4.98 Å². The maximum Gasteiger partial charge on any atom is 0.414 e. The van der Waals surface area contributed by atoms with Crippen molar-refractivity contribution >= 4 is 17.5 Å². The molecule has 0 aromatic carbocycles. The molecule has 2 heterocycles. The third-order valence-corrected chi connectivity index (χ3v) is 2.87. The predicted molar refractivity (Wildman–Crippen MR) is 67.0 cm³/mol. The number of nitrogens with zero attached hydrogens (tertiary/aromatic N) is 2. The Morgan fingerprint density at radius 3 is 2.50 bits per heavy atom. The molecule has 20 heavy (non-hydrogen) atoms. The molecule has 0 spiro atoms. The van der Waals surface area contributed by atoms with E-state index >= 15 is 0 Å². The van der Waals surface area contributed by atoms with Crippen LogP contribution in [0.4, 0.5) is 0 Å².